The molecule has 2 rings (SSSR count). The first kappa shape index (κ1) is 26.8. The Labute approximate surface area is 190 Å². The van der Waals surface area contributed by atoms with Crippen molar-refractivity contribution >= 4 is 17.7 Å². The van der Waals surface area contributed by atoms with Gasteiger partial charge >= 0.3 is 0 Å². The third-order valence-corrected chi connectivity index (χ3v) is 7.15. The Balaban J connectivity index is 1.94. The lowest BCUT2D eigenvalue weighted by molar-refractivity contribution is -0.208. The fraction of sp³-hybridized carbons (Fsp3) is 0.955. The summed E-state index contributed by atoms with van der Waals surface area (Å²) in [5.74, 6) is 0.348. The van der Waals surface area contributed by atoms with E-state index in [1.807, 2.05) is 13.8 Å². The molecule has 0 aliphatic carbocycles. The van der Waals surface area contributed by atoms with E-state index in [2.05, 4.69) is 17.6 Å². The van der Waals surface area contributed by atoms with E-state index in [-0.39, 0.29) is 17.9 Å². The van der Waals surface area contributed by atoms with Crippen LogP contribution in [0.5, 0.6) is 0 Å². The Hall–Kier alpha value is -0.420. The van der Waals surface area contributed by atoms with Gasteiger partial charge in [-0.25, -0.2) is 0 Å². The molecule has 31 heavy (non-hydrogen) atoms. The molecule has 0 spiro atoms. The predicted molar refractivity (Wildman–Crippen MR) is 122 cm³/mol. The summed E-state index contributed by atoms with van der Waals surface area (Å²) < 4.78 is 11.5. The maximum absolute atomic E-state index is 13.1. The minimum atomic E-state index is -1.32. The SMILES string of the molecule is CCCOCCCC1CCNC(C(=O)NC(C(C)C)C2OC(SC)C(O)C(O)C2O)C1. The van der Waals surface area contributed by atoms with Gasteiger partial charge in [-0.3, -0.25) is 4.79 Å². The van der Waals surface area contributed by atoms with Crippen LogP contribution in [0.3, 0.4) is 0 Å². The summed E-state index contributed by atoms with van der Waals surface area (Å²) in [4.78, 5) is 13.1. The van der Waals surface area contributed by atoms with Crippen LogP contribution in [-0.2, 0) is 14.3 Å². The highest BCUT2D eigenvalue weighted by Crippen LogP contribution is 2.30. The van der Waals surface area contributed by atoms with Crippen molar-refractivity contribution < 1.29 is 29.6 Å². The molecule has 9 heteroatoms. The van der Waals surface area contributed by atoms with Gasteiger partial charge in [-0.05, 0) is 56.7 Å². The zero-order chi connectivity index (χ0) is 23.0. The minimum absolute atomic E-state index is 0.0244. The van der Waals surface area contributed by atoms with E-state index in [1.54, 1.807) is 6.26 Å². The minimum Gasteiger partial charge on any atom is -0.388 e. The third-order valence-electron chi connectivity index (χ3n) is 6.30. The number of carbonyl (C=O) groups is 1. The largest absolute Gasteiger partial charge is 0.388 e. The first-order chi connectivity index (χ1) is 14.8. The molecule has 0 saturated carbocycles. The van der Waals surface area contributed by atoms with Gasteiger partial charge in [-0.15, -0.1) is 11.8 Å². The lowest BCUT2D eigenvalue weighted by Crippen LogP contribution is -2.65. The van der Waals surface area contributed by atoms with Gasteiger partial charge in [0.2, 0.25) is 5.91 Å². The van der Waals surface area contributed by atoms with E-state index < -0.39 is 35.9 Å². The first-order valence-electron chi connectivity index (χ1n) is 11.6. The number of amides is 1. The molecule has 5 N–H and O–H groups in total. The van der Waals surface area contributed by atoms with Crippen LogP contribution in [0.1, 0.15) is 52.9 Å². The molecular formula is C22H42N2O6S. The standard InChI is InChI=1S/C22H42N2O6S/c1-5-10-29-11-6-7-14-8-9-23-15(12-14)21(28)24-16(13(2)3)20-18(26)17(25)19(27)22(30-20)31-4/h13-20,22-23,25-27H,5-12H2,1-4H3,(H,24,28). The fourth-order valence-electron chi connectivity index (χ4n) is 4.44. The molecule has 8 unspecified atom stereocenters. The maximum Gasteiger partial charge on any atom is 0.237 e. The predicted octanol–water partition coefficient (Wildman–Crippen LogP) is 0.873. The molecule has 2 aliphatic rings. The average Bonchev–Trinajstić information content (AvgIpc) is 2.76. The van der Waals surface area contributed by atoms with Gasteiger partial charge in [-0.2, -0.15) is 0 Å². The normalized spacial score (nSPS) is 35.2. The van der Waals surface area contributed by atoms with Crippen molar-refractivity contribution in [3.8, 4) is 0 Å². The second-order valence-electron chi connectivity index (χ2n) is 9.11. The molecule has 0 bridgehead atoms. The molecule has 8 atom stereocenters. The number of aliphatic hydroxyl groups is 3. The lowest BCUT2D eigenvalue weighted by Gasteiger charge is -2.44. The molecule has 1 amide bonds. The molecule has 0 aromatic heterocycles. The number of ether oxygens (including phenoxy) is 2. The number of carbonyl (C=O) groups excluding carboxylic acids is 1. The van der Waals surface area contributed by atoms with Gasteiger partial charge in [0.25, 0.3) is 0 Å². The summed E-state index contributed by atoms with van der Waals surface area (Å²) >= 11 is 1.27. The molecule has 182 valence electrons. The Morgan fingerprint density at radius 2 is 1.97 bits per heavy atom. The van der Waals surface area contributed by atoms with Gasteiger partial charge in [-0.1, -0.05) is 20.8 Å². The monoisotopic (exact) mass is 462 g/mol. The summed E-state index contributed by atoms with van der Waals surface area (Å²) in [5.41, 5.74) is -0.659. The number of nitrogens with one attached hydrogen (secondary N) is 2. The number of rotatable bonds is 11. The van der Waals surface area contributed by atoms with Crippen molar-refractivity contribution in [2.24, 2.45) is 11.8 Å². The number of hydrogen-bond acceptors (Lipinski definition) is 8. The van der Waals surface area contributed by atoms with Crippen molar-refractivity contribution in [2.45, 2.75) is 94.8 Å². The van der Waals surface area contributed by atoms with Crippen LogP contribution in [0.2, 0.25) is 0 Å². The highest BCUT2D eigenvalue weighted by Gasteiger charge is 2.47. The lowest BCUT2D eigenvalue weighted by atomic mass is 9.86. The summed E-state index contributed by atoms with van der Waals surface area (Å²) in [7, 11) is 0. The van der Waals surface area contributed by atoms with E-state index in [1.165, 1.54) is 11.8 Å². The second kappa shape index (κ2) is 13.3. The van der Waals surface area contributed by atoms with Crippen molar-refractivity contribution in [2.75, 3.05) is 26.0 Å². The van der Waals surface area contributed by atoms with Crippen LogP contribution in [-0.4, -0.2) is 89.2 Å². The average molecular weight is 463 g/mol. The van der Waals surface area contributed by atoms with Gasteiger partial charge in [0.1, 0.15) is 29.9 Å². The molecule has 8 nitrogen and oxygen atoms in total. The summed E-state index contributed by atoms with van der Waals surface area (Å²) in [6, 6.07) is -0.770. The summed E-state index contributed by atoms with van der Waals surface area (Å²) in [5, 5.41) is 37.3. The first-order valence-corrected chi connectivity index (χ1v) is 12.9. The van der Waals surface area contributed by atoms with Crippen molar-refractivity contribution in [1.82, 2.24) is 10.6 Å². The van der Waals surface area contributed by atoms with Crippen molar-refractivity contribution in [3.05, 3.63) is 0 Å². The van der Waals surface area contributed by atoms with E-state index in [4.69, 9.17) is 9.47 Å². The van der Waals surface area contributed by atoms with E-state index in [0.717, 1.165) is 51.9 Å². The van der Waals surface area contributed by atoms with Crippen molar-refractivity contribution in [1.29, 1.82) is 0 Å². The number of aliphatic hydroxyl groups excluding tert-OH is 3. The molecule has 0 radical (unpaired) electrons. The van der Waals surface area contributed by atoms with Gasteiger partial charge < -0.3 is 35.4 Å². The summed E-state index contributed by atoms with van der Waals surface area (Å²) in [6.07, 6.45) is 2.11. The van der Waals surface area contributed by atoms with Crippen molar-refractivity contribution in [3.63, 3.8) is 0 Å². The Morgan fingerprint density at radius 1 is 1.23 bits per heavy atom. The number of thioether (sulfide) groups is 1. The van der Waals surface area contributed by atoms with E-state index in [9.17, 15) is 20.1 Å². The second-order valence-corrected chi connectivity index (χ2v) is 10.0. The highest BCUT2D eigenvalue weighted by atomic mass is 32.2. The van der Waals surface area contributed by atoms with Gasteiger partial charge in [0, 0.05) is 13.2 Å². The Bertz CT molecular complexity index is 538. The van der Waals surface area contributed by atoms with Crippen LogP contribution in [0.15, 0.2) is 0 Å². The Kier molecular flexibility index (Phi) is 11.5. The number of piperidine rings is 1. The maximum atomic E-state index is 13.1. The fourth-order valence-corrected chi connectivity index (χ4v) is 5.12. The quantitative estimate of drug-likeness (QED) is 0.287. The smallest absolute Gasteiger partial charge is 0.237 e. The van der Waals surface area contributed by atoms with Crippen LogP contribution >= 0.6 is 11.8 Å². The Morgan fingerprint density at radius 3 is 2.61 bits per heavy atom. The molecule has 2 fully saturated rings. The van der Waals surface area contributed by atoms with Crippen LogP contribution in [0, 0.1) is 11.8 Å². The third kappa shape index (κ3) is 7.55. The van der Waals surface area contributed by atoms with Gasteiger partial charge in [0.05, 0.1) is 12.1 Å². The van der Waals surface area contributed by atoms with E-state index >= 15 is 0 Å². The molecule has 2 heterocycles. The summed E-state index contributed by atoms with van der Waals surface area (Å²) in [6.45, 7) is 8.35. The van der Waals surface area contributed by atoms with Crippen LogP contribution in [0.4, 0.5) is 0 Å². The van der Waals surface area contributed by atoms with Crippen LogP contribution in [0.25, 0.3) is 0 Å². The number of hydrogen-bond donors (Lipinski definition) is 5. The molecule has 2 saturated heterocycles. The highest BCUT2D eigenvalue weighted by molar-refractivity contribution is 7.99. The zero-order valence-electron chi connectivity index (χ0n) is 19.3. The van der Waals surface area contributed by atoms with Crippen LogP contribution < -0.4 is 10.6 Å². The van der Waals surface area contributed by atoms with E-state index in [0.29, 0.717) is 5.92 Å². The molecule has 0 aromatic carbocycles. The topological polar surface area (TPSA) is 120 Å². The molecular weight excluding hydrogens is 420 g/mol. The molecule has 2 aliphatic heterocycles. The van der Waals surface area contributed by atoms with Gasteiger partial charge in [0.15, 0.2) is 0 Å². The molecule has 0 aromatic rings. The zero-order valence-corrected chi connectivity index (χ0v) is 20.1.